The zero-order chi connectivity index (χ0) is 18.0. The van der Waals surface area contributed by atoms with Crippen LogP contribution in [0.5, 0.6) is 0 Å². The maximum absolute atomic E-state index is 11.2. The summed E-state index contributed by atoms with van der Waals surface area (Å²) in [6, 6.07) is 0. The first-order chi connectivity index (χ1) is 11.6. The zero-order valence-corrected chi connectivity index (χ0v) is 18.3. The molecule has 0 aliphatic carbocycles. The van der Waals surface area contributed by atoms with E-state index in [-0.39, 0.29) is 36.0 Å². The minimum atomic E-state index is -1.96. The van der Waals surface area contributed by atoms with Gasteiger partial charge in [0.05, 0.1) is 5.97 Å². The molecule has 4 nitrogen and oxygen atoms in total. The van der Waals surface area contributed by atoms with Gasteiger partial charge < -0.3 is 15.0 Å². The van der Waals surface area contributed by atoms with Crippen molar-refractivity contribution in [2.45, 2.75) is 103 Å². The SMILES string of the molecule is CCCCCCCC/C=C\CCCCCCCC(=O)C(O)C(=O)[O-].[Na+]. The molecule has 0 aliphatic rings. The van der Waals surface area contributed by atoms with E-state index in [9.17, 15) is 14.7 Å². The van der Waals surface area contributed by atoms with Crippen molar-refractivity contribution in [3.8, 4) is 0 Å². The van der Waals surface area contributed by atoms with Crippen LogP contribution in [0.3, 0.4) is 0 Å². The van der Waals surface area contributed by atoms with Gasteiger partial charge in [0, 0.05) is 6.42 Å². The standard InChI is InChI=1S/C20H36O4.Na/c1-2-3-4-5-6-7-8-9-10-11-12-13-14-15-16-17-18(21)19(22)20(23)24;/h9-10,19,22H,2-8,11-17H2,1H3,(H,23,24);/q;+1/p-1/b10-9-;. The number of carbonyl (C=O) groups is 2. The molecule has 0 bridgehead atoms. The van der Waals surface area contributed by atoms with Crippen molar-refractivity contribution in [1.82, 2.24) is 0 Å². The van der Waals surface area contributed by atoms with Gasteiger partial charge in [-0.2, -0.15) is 0 Å². The number of ketones is 1. The average molecular weight is 362 g/mol. The van der Waals surface area contributed by atoms with Crippen LogP contribution < -0.4 is 34.7 Å². The number of carbonyl (C=O) groups excluding carboxylic acids is 2. The molecular weight excluding hydrogens is 327 g/mol. The fourth-order valence-electron chi connectivity index (χ4n) is 2.64. The number of rotatable bonds is 17. The van der Waals surface area contributed by atoms with Gasteiger partial charge in [0.1, 0.15) is 0 Å². The molecule has 0 spiro atoms. The largest absolute Gasteiger partial charge is 1.00 e. The summed E-state index contributed by atoms with van der Waals surface area (Å²) in [5.41, 5.74) is 0. The van der Waals surface area contributed by atoms with Gasteiger partial charge in [-0.15, -0.1) is 0 Å². The van der Waals surface area contributed by atoms with Gasteiger partial charge >= 0.3 is 29.6 Å². The summed E-state index contributed by atoms with van der Waals surface area (Å²) in [7, 11) is 0. The number of unbranched alkanes of at least 4 members (excludes halogenated alkanes) is 11. The number of aliphatic hydroxyl groups excluding tert-OH is 1. The van der Waals surface area contributed by atoms with Crippen molar-refractivity contribution in [1.29, 1.82) is 0 Å². The first-order valence-electron chi connectivity index (χ1n) is 9.66. The summed E-state index contributed by atoms with van der Waals surface area (Å²) in [6.45, 7) is 2.24. The van der Waals surface area contributed by atoms with Crippen LogP contribution in [-0.4, -0.2) is 23.0 Å². The van der Waals surface area contributed by atoms with Crippen molar-refractivity contribution in [3.63, 3.8) is 0 Å². The van der Waals surface area contributed by atoms with Crippen LogP contribution in [0.15, 0.2) is 12.2 Å². The predicted molar refractivity (Wildman–Crippen MR) is 95.5 cm³/mol. The molecule has 0 radical (unpaired) electrons. The average Bonchev–Trinajstić information content (AvgIpc) is 2.57. The molecule has 25 heavy (non-hydrogen) atoms. The van der Waals surface area contributed by atoms with Crippen LogP contribution in [0, 0.1) is 0 Å². The Labute approximate surface area is 175 Å². The molecular formula is C20H35NaO4. The molecule has 0 fully saturated rings. The third kappa shape index (κ3) is 18.4. The van der Waals surface area contributed by atoms with E-state index >= 15 is 0 Å². The quantitative estimate of drug-likeness (QED) is 0.179. The molecule has 0 saturated heterocycles. The van der Waals surface area contributed by atoms with Crippen LogP contribution in [0.4, 0.5) is 0 Å². The molecule has 0 aromatic heterocycles. The van der Waals surface area contributed by atoms with Gasteiger partial charge in [-0.05, 0) is 32.1 Å². The van der Waals surface area contributed by atoms with Gasteiger partial charge in [-0.3, -0.25) is 4.79 Å². The van der Waals surface area contributed by atoms with Crippen LogP contribution in [0.25, 0.3) is 0 Å². The van der Waals surface area contributed by atoms with Crippen LogP contribution in [0.1, 0.15) is 96.8 Å². The van der Waals surface area contributed by atoms with Gasteiger partial charge in [-0.25, -0.2) is 0 Å². The second-order valence-corrected chi connectivity index (χ2v) is 6.52. The molecule has 0 amide bonds. The fourth-order valence-corrected chi connectivity index (χ4v) is 2.64. The van der Waals surface area contributed by atoms with Gasteiger partial charge in [0.15, 0.2) is 11.9 Å². The van der Waals surface area contributed by atoms with Gasteiger partial charge in [-0.1, -0.05) is 70.4 Å². The molecule has 0 saturated carbocycles. The molecule has 1 unspecified atom stereocenters. The molecule has 5 heteroatoms. The molecule has 1 N–H and O–H groups in total. The summed E-state index contributed by atoms with van der Waals surface area (Å²) in [4.78, 5) is 21.6. The Bertz CT molecular complexity index is 356. The minimum Gasteiger partial charge on any atom is -0.547 e. The first kappa shape index (κ1) is 27.1. The first-order valence-corrected chi connectivity index (χ1v) is 9.66. The third-order valence-electron chi connectivity index (χ3n) is 4.21. The monoisotopic (exact) mass is 362 g/mol. The maximum atomic E-state index is 11.2. The third-order valence-corrected chi connectivity index (χ3v) is 4.21. The van der Waals surface area contributed by atoms with Crippen LogP contribution in [-0.2, 0) is 9.59 Å². The smallest absolute Gasteiger partial charge is 0.547 e. The van der Waals surface area contributed by atoms with E-state index in [1.807, 2.05) is 0 Å². The zero-order valence-electron chi connectivity index (χ0n) is 16.3. The van der Waals surface area contributed by atoms with Crippen molar-refractivity contribution in [3.05, 3.63) is 12.2 Å². The molecule has 0 aliphatic heterocycles. The van der Waals surface area contributed by atoms with E-state index in [1.165, 1.54) is 44.9 Å². The summed E-state index contributed by atoms with van der Waals surface area (Å²) in [6.07, 6.45) is 17.9. The van der Waals surface area contributed by atoms with Crippen molar-refractivity contribution in [2.75, 3.05) is 0 Å². The fraction of sp³-hybridized carbons (Fsp3) is 0.800. The van der Waals surface area contributed by atoms with Crippen molar-refractivity contribution >= 4 is 11.8 Å². The number of Topliss-reactive ketones (excluding diaryl/α,β-unsaturated/α-hetero) is 1. The maximum Gasteiger partial charge on any atom is 1.00 e. The van der Waals surface area contributed by atoms with Gasteiger partial charge in [0.25, 0.3) is 0 Å². The van der Waals surface area contributed by atoms with E-state index in [0.29, 0.717) is 6.42 Å². The van der Waals surface area contributed by atoms with Crippen LogP contribution >= 0.6 is 0 Å². The second-order valence-electron chi connectivity index (χ2n) is 6.52. The van der Waals surface area contributed by atoms with E-state index < -0.39 is 17.9 Å². The van der Waals surface area contributed by atoms with Crippen molar-refractivity contribution < 1.29 is 49.4 Å². The molecule has 0 heterocycles. The normalized spacial score (nSPS) is 12.1. The summed E-state index contributed by atoms with van der Waals surface area (Å²) >= 11 is 0. The second kappa shape index (κ2) is 20.2. The Balaban J connectivity index is 0. The van der Waals surface area contributed by atoms with E-state index in [1.54, 1.807) is 0 Å². The Morgan fingerprint density at radius 1 is 0.840 bits per heavy atom. The number of hydrogen-bond acceptors (Lipinski definition) is 4. The van der Waals surface area contributed by atoms with E-state index in [0.717, 1.165) is 32.1 Å². The van der Waals surface area contributed by atoms with E-state index in [4.69, 9.17) is 5.11 Å². The molecule has 140 valence electrons. The summed E-state index contributed by atoms with van der Waals surface area (Å²) in [5, 5.41) is 19.3. The number of carboxylic acids is 1. The van der Waals surface area contributed by atoms with Crippen molar-refractivity contribution in [2.24, 2.45) is 0 Å². The Hall–Kier alpha value is -0.160. The number of allylic oxidation sites excluding steroid dienone is 2. The minimum absolute atomic E-state index is 0. The topological polar surface area (TPSA) is 77.4 Å². The summed E-state index contributed by atoms with van der Waals surface area (Å²) < 4.78 is 0. The van der Waals surface area contributed by atoms with Gasteiger partial charge in [0.2, 0.25) is 0 Å². The van der Waals surface area contributed by atoms with Crippen LogP contribution in [0.2, 0.25) is 0 Å². The number of aliphatic hydroxyl groups is 1. The Morgan fingerprint density at radius 3 is 1.76 bits per heavy atom. The predicted octanol–water partition coefficient (Wildman–Crippen LogP) is 0.708. The molecule has 0 aromatic rings. The molecule has 0 aromatic carbocycles. The Morgan fingerprint density at radius 2 is 1.28 bits per heavy atom. The van der Waals surface area contributed by atoms with E-state index in [2.05, 4.69) is 19.1 Å². The summed E-state index contributed by atoms with van der Waals surface area (Å²) in [5.74, 6) is -2.35. The number of hydrogen-bond donors (Lipinski definition) is 1. The molecule has 1 atom stereocenters. The number of carboxylic acid groups (broad SMARTS) is 1. The number of aliphatic carboxylic acids is 1. The molecule has 0 rings (SSSR count). The Kier molecular flexibility index (Phi) is 21.8.